The largest absolute Gasteiger partial charge is 0.368 e. The first-order valence-electron chi connectivity index (χ1n) is 6.14. The van der Waals surface area contributed by atoms with E-state index < -0.39 is 5.54 Å². The Balaban J connectivity index is 2.76. The lowest BCUT2D eigenvalue weighted by Gasteiger charge is -2.26. The Bertz CT molecular complexity index is 434. The third-order valence-electron chi connectivity index (χ3n) is 2.96. The fraction of sp³-hybridized carbons (Fsp3) is 0.500. The van der Waals surface area contributed by atoms with E-state index in [1.54, 1.807) is 11.8 Å². The molecule has 3 nitrogen and oxygen atoms in total. The predicted octanol–water partition coefficient (Wildman–Crippen LogP) is 2.25. The van der Waals surface area contributed by atoms with Crippen molar-refractivity contribution in [3.05, 3.63) is 29.3 Å². The number of thioether (sulfide) groups is 1. The predicted molar refractivity (Wildman–Crippen MR) is 77.9 cm³/mol. The summed E-state index contributed by atoms with van der Waals surface area (Å²) in [5.41, 5.74) is 7.30. The Hall–Kier alpha value is -1.00. The molecule has 100 valence electrons. The first-order valence-corrected chi connectivity index (χ1v) is 7.12. The summed E-state index contributed by atoms with van der Waals surface area (Å²) in [7, 11) is 0. The second-order valence-corrected chi connectivity index (χ2v) is 5.80. The van der Waals surface area contributed by atoms with Gasteiger partial charge in [0.2, 0.25) is 5.91 Å². The van der Waals surface area contributed by atoms with Gasteiger partial charge in [-0.1, -0.05) is 24.6 Å². The molecular formula is C14H22N2OS. The third-order valence-corrected chi connectivity index (χ3v) is 4.45. The van der Waals surface area contributed by atoms with Gasteiger partial charge in [0.05, 0.1) is 0 Å². The van der Waals surface area contributed by atoms with E-state index in [1.165, 1.54) is 16.0 Å². The van der Waals surface area contributed by atoms with Crippen LogP contribution < -0.4 is 11.1 Å². The Morgan fingerprint density at radius 1 is 1.44 bits per heavy atom. The maximum absolute atomic E-state index is 11.5. The lowest BCUT2D eigenvalue weighted by Crippen LogP contribution is -2.55. The minimum absolute atomic E-state index is 0.304. The number of nitrogens with one attached hydrogen (secondary N) is 1. The molecule has 3 N–H and O–H groups in total. The first kappa shape index (κ1) is 15.1. The van der Waals surface area contributed by atoms with E-state index >= 15 is 0 Å². The van der Waals surface area contributed by atoms with Crippen molar-refractivity contribution in [3.63, 3.8) is 0 Å². The number of amides is 1. The molecule has 0 bridgehead atoms. The van der Waals surface area contributed by atoms with Gasteiger partial charge < -0.3 is 11.1 Å². The summed E-state index contributed by atoms with van der Waals surface area (Å²) in [6.45, 7) is 8.73. The van der Waals surface area contributed by atoms with Gasteiger partial charge in [-0.2, -0.15) is 0 Å². The summed E-state index contributed by atoms with van der Waals surface area (Å²) in [4.78, 5) is 12.7. The average Bonchev–Trinajstić information content (AvgIpc) is 2.28. The molecule has 1 amide bonds. The number of rotatable bonds is 6. The van der Waals surface area contributed by atoms with Crippen LogP contribution in [0.1, 0.15) is 25.0 Å². The number of hydrogen-bond donors (Lipinski definition) is 2. The molecule has 0 fully saturated rings. The Kier molecular flexibility index (Phi) is 5.23. The quantitative estimate of drug-likeness (QED) is 0.777. The van der Waals surface area contributed by atoms with Gasteiger partial charge in [0.15, 0.2) is 0 Å². The average molecular weight is 266 g/mol. The molecule has 0 saturated carbocycles. The van der Waals surface area contributed by atoms with Crippen molar-refractivity contribution in [2.24, 2.45) is 5.73 Å². The zero-order valence-corrected chi connectivity index (χ0v) is 12.4. The molecular weight excluding hydrogens is 244 g/mol. The van der Waals surface area contributed by atoms with Gasteiger partial charge in [-0.3, -0.25) is 4.79 Å². The van der Waals surface area contributed by atoms with E-state index in [1.807, 2.05) is 13.8 Å². The molecule has 1 aromatic carbocycles. The molecule has 0 spiro atoms. The minimum atomic E-state index is -0.656. The highest BCUT2D eigenvalue weighted by atomic mass is 32.2. The smallest absolute Gasteiger partial charge is 0.238 e. The molecule has 0 saturated heterocycles. The highest BCUT2D eigenvalue weighted by Crippen LogP contribution is 2.26. The molecule has 0 aliphatic carbocycles. The molecule has 0 aromatic heterocycles. The van der Waals surface area contributed by atoms with E-state index in [2.05, 4.69) is 37.4 Å². The maximum Gasteiger partial charge on any atom is 0.238 e. The topological polar surface area (TPSA) is 55.1 Å². The number of nitrogens with two attached hydrogens (primary N) is 1. The van der Waals surface area contributed by atoms with Gasteiger partial charge in [0.1, 0.15) is 5.54 Å². The normalized spacial score (nSPS) is 14.2. The summed E-state index contributed by atoms with van der Waals surface area (Å²) in [6, 6.07) is 6.34. The van der Waals surface area contributed by atoms with E-state index in [0.29, 0.717) is 5.75 Å². The lowest BCUT2D eigenvalue weighted by atomic mass is 10.1. The van der Waals surface area contributed by atoms with Crippen LogP contribution in [-0.2, 0) is 4.79 Å². The van der Waals surface area contributed by atoms with Crippen molar-refractivity contribution in [1.82, 2.24) is 5.32 Å². The van der Waals surface area contributed by atoms with Crippen LogP contribution in [0.5, 0.6) is 0 Å². The number of carbonyl (C=O) groups excluding carboxylic acids is 1. The van der Waals surface area contributed by atoms with E-state index in [0.717, 1.165) is 6.54 Å². The van der Waals surface area contributed by atoms with Crippen LogP contribution >= 0.6 is 11.8 Å². The summed E-state index contributed by atoms with van der Waals surface area (Å²) >= 11 is 1.67. The molecule has 1 atom stereocenters. The summed E-state index contributed by atoms with van der Waals surface area (Å²) in [6.07, 6.45) is 0. The number of aryl methyl sites for hydroxylation is 2. The van der Waals surface area contributed by atoms with Crippen molar-refractivity contribution in [3.8, 4) is 0 Å². The van der Waals surface area contributed by atoms with Crippen molar-refractivity contribution in [2.75, 3.05) is 12.3 Å². The second-order valence-electron chi connectivity index (χ2n) is 4.78. The van der Waals surface area contributed by atoms with Crippen LogP contribution in [0.2, 0.25) is 0 Å². The number of benzene rings is 1. The van der Waals surface area contributed by atoms with Gasteiger partial charge >= 0.3 is 0 Å². The fourth-order valence-corrected chi connectivity index (χ4v) is 2.92. The minimum Gasteiger partial charge on any atom is -0.368 e. The van der Waals surface area contributed by atoms with Gasteiger partial charge in [-0.05, 0) is 38.9 Å². The number of hydrogen-bond acceptors (Lipinski definition) is 3. The standard InChI is InChI=1S/C14H22N2OS/c1-5-16-14(4,13(15)17)9-18-12-7-6-10(2)8-11(12)3/h6-8,16H,5,9H2,1-4H3,(H2,15,17). The molecule has 18 heavy (non-hydrogen) atoms. The maximum atomic E-state index is 11.5. The zero-order valence-electron chi connectivity index (χ0n) is 11.5. The Morgan fingerprint density at radius 3 is 2.61 bits per heavy atom. The van der Waals surface area contributed by atoms with Gasteiger partial charge in [0.25, 0.3) is 0 Å². The van der Waals surface area contributed by atoms with Crippen LogP contribution in [-0.4, -0.2) is 23.7 Å². The fourth-order valence-electron chi connectivity index (χ4n) is 1.78. The monoisotopic (exact) mass is 266 g/mol. The zero-order chi connectivity index (χ0) is 13.8. The second kappa shape index (κ2) is 6.25. The highest BCUT2D eigenvalue weighted by Gasteiger charge is 2.30. The summed E-state index contributed by atoms with van der Waals surface area (Å²) in [5, 5.41) is 3.16. The summed E-state index contributed by atoms with van der Waals surface area (Å²) < 4.78 is 0. The van der Waals surface area contributed by atoms with Crippen LogP contribution in [0.4, 0.5) is 0 Å². The first-order chi connectivity index (χ1) is 8.39. The van der Waals surface area contributed by atoms with Crippen molar-refractivity contribution < 1.29 is 4.79 Å². The highest BCUT2D eigenvalue weighted by molar-refractivity contribution is 7.99. The van der Waals surface area contributed by atoms with Crippen molar-refractivity contribution >= 4 is 17.7 Å². The Morgan fingerprint density at radius 2 is 2.11 bits per heavy atom. The molecule has 0 heterocycles. The molecule has 0 radical (unpaired) electrons. The molecule has 0 aliphatic heterocycles. The van der Waals surface area contributed by atoms with Crippen LogP contribution in [0.3, 0.4) is 0 Å². The van der Waals surface area contributed by atoms with E-state index in [9.17, 15) is 4.79 Å². The number of carbonyl (C=O) groups is 1. The number of primary amides is 1. The number of likely N-dealkylation sites (N-methyl/N-ethyl adjacent to an activating group) is 1. The van der Waals surface area contributed by atoms with Crippen LogP contribution in [0.25, 0.3) is 0 Å². The van der Waals surface area contributed by atoms with Gasteiger partial charge in [-0.25, -0.2) is 0 Å². The van der Waals surface area contributed by atoms with Gasteiger partial charge in [-0.15, -0.1) is 11.8 Å². The van der Waals surface area contributed by atoms with E-state index in [4.69, 9.17) is 5.73 Å². The van der Waals surface area contributed by atoms with Gasteiger partial charge in [0, 0.05) is 10.6 Å². The molecule has 0 aliphatic rings. The molecule has 1 unspecified atom stereocenters. The lowest BCUT2D eigenvalue weighted by molar-refractivity contribution is -0.122. The van der Waals surface area contributed by atoms with E-state index in [-0.39, 0.29) is 5.91 Å². The van der Waals surface area contributed by atoms with Crippen molar-refractivity contribution in [1.29, 1.82) is 0 Å². The molecule has 1 aromatic rings. The molecule has 1 rings (SSSR count). The van der Waals surface area contributed by atoms with Crippen LogP contribution in [0.15, 0.2) is 23.1 Å². The molecule has 4 heteroatoms. The van der Waals surface area contributed by atoms with Crippen LogP contribution in [0, 0.1) is 13.8 Å². The van der Waals surface area contributed by atoms with Crippen molar-refractivity contribution in [2.45, 2.75) is 38.1 Å². The Labute approximate surface area is 114 Å². The summed E-state index contributed by atoms with van der Waals surface area (Å²) in [5.74, 6) is 0.335. The SMILES string of the molecule is CCNC(C)(CSc1ccc(C)cc1C)C(N)=O. The third kappa shape index (κ3) is 3.75.